The van der Waals surface area contributed by atoms with Crippen LogP contribution in [0.3, 0.4) is 0 Å². The highest BCUT2D eigenvalue weighted by Crippen LogP contribution is 2.40. The van der Waals surface area contributed by atoms with Gasteiger partial charge in [0.05, 0.1) is 11.6 Å². The van der Waals surface area contributed by atoms with Gasteiger partial charge in [-0.3, -0.25) is 14.4 Å². The quantitative estimate of drug-likeness (QED) is 0.385. The van der Waals surface area contributed by atoms with Gasteiger partial charge in [0.2, 0.25) is 0 Å². The number of nitrogens with zero attached hydrogens (tertiary/aromatic N) is 2. The highest BCUT2D eigenvalue weighted by atomic mass is 35.5. The van der Waals surface area contributed by atoms with Crippen molar-refractivity contribution < 1.29 is 24.6 Å². The number of carboxylic acids is 1. The zero-order valence-electron chi connectivity index (χ0n) is 17.2. The lowest BCUT2D eigenvalue weighted by atomic mass is 9.95. The molecular formula is C23H23ClN2O5. The third kappa shape index (κ3) is 4.72. The number of halogens is 1. The maximum Gasteiger partial charge on any atom is 0.303 e. The third-order valence-corrected chi connectivity index (χ3v) is 5.42. The van der Waals surface area contributed by atoms with Crippen LogP contribution >= 0.6 is 11.6 Å². The van der Waals surface area contributed by atoms with Gasteiger partial charge in [-0.05, 0) is 48.4 Å². The van der Waals surface area contributed by atoms with Crippen LogP contribution in [0.5, 0.6) is 0 Å². The zero-order valence-corrected chi connectivity index (χ0v) is 18.0. The molecule has 162 valence electrons. The number of ketones is 1. The summed E-state index contributed by atoms with van der Waals surface area (Å²) in [7, 11) is 3.79. The van der Waals surface area contributed by atoms with Gasteiger partial charge in [-0.2, -0.15) is 0 Å². The summed E-state index contributed by atoms with van der Waals surface area (Å²) < 4.78 is 0. The van der Waals surface area contributed by atoms with E-state index in [0.717, 1.165) is 5.69 Å². The number of carboxylic acid groups (broad SMARTS) is 1. The van der Waals surface area contributed by atoms with E-state index in [9.17, 15) is 19.5 Å². The predicted molar refractivity (Wildman–Crippen MR) is 118 cm³/mol. The Bertz CT molecular complexity index is 1030. The van der Waals surface area contributed by atoms with Crippen molar-refractivity contribution in [3.63, 3.8) is 0 Å². The van der Waals surface area contributed by atoms with Crippen molar-refractivity contribution in [3.05, 3.63) is 70.3 Å². The summed E-state index contributed by atoms with van der Waals surface area (Å²) in [6.07, 6.45) is 0.0576. The van der Waals surface area contributed by atoms with Crippen LogP contribution in [0.25, 0.3) is 5.76 Å². The molecule has 0 aromatic heterocycles. The minimum Gasteiger partial charge on any atom is -0.507 e. The van der Waals surface area contributed by atoms with Crippen LogP contribution < -0.4 is 4.90 Å². The number of benzene rings is 2. The molecule has 2 aromatic carbocycles. The van der Waals surface area contributed by atoms with Gasteiger partial charge in [-0.15, -0.1) is 0 Å². The van der Waals surface area contributed by atoms with Gasteiger partial charge in [0.1, 0.15) is 5.76 Å². The Morgan fingerprint density at radius 2 is 1.65 bits per heavy atom. The van der Waals surface area contributed by atoms with Gasteiger partial charge in [0.25, 0.3) is 11.7 Å². The summed E-state index contributed by atoms with van der Waals surface area (Å²) in [4.78, 5) is 39.9. The minimum absolute atomic E-state index is 0.0275. The van der Waals surface area contributed by atoms with Gasteiger partial charge in [-0.1, -0.05) is 23.7 Å². The molecule has 7 nitrogen and oxygen atoms in total. The van der Waals surface area contributed by atoms with Crippen molar-refractivity contribution >= 4 is 40.7 Å². The Hall–Kier alpha value is -3.32. The molecule has 0 saturated carbocycles. The second kappa shape index (κ2) is 9.22. The highest BCUT2D eigenvalue weighted by molar-refractivity contribution is 6.46. The molecule has 1 aliphatic rings. The Kier molecular flexibility index (Phi) is 6.65. The largest absolute Gasteiger partial charge is 0.507 e. The lowest BCUT2D eigenvalue weighted by molar-refractivity contribution is -0.140. The number of carbonyl (C=O) groups is 3. The van der Waals surface area contributed by atoms with Crippen LogP contribution in [-0.2, 0) is 14.4 Å². The lowest BCUT2D eigenvalue weighted by Gasteiger charge is -2.25. The number of hydrogen-bond acceptors (Lipinski definition) is 5. The highest BCUT2D eigenvalue weighted by Gasteiger charge is 2.45. The lowest BCUT2D eigenvalue weighted by Crippen LogP contribution is -2.31. The first-order valence-electron chi connectivity index (χ1n) is 9.74. The number of carbonyl (C=O) groups excluding carboxylic acids is 2. The number of likely N-dealkylation sites (tertiary alicyclic amines) is 1. The molecule has 8 heteroatoms. The summed E-state index contributed by atoms with van der Waals surface area (Å²) >= 11 is 5.92. The molecule has 1 saturated heterocycles. The molecular weight excluding hydrogens is 420 g/mol. The molecule has 31 heavy (non-hydrogen) atoms. The number of rotatable bonds is 7. The second-order valence-corrected chi connectivity index (χ2v) is 7.92. The van der Waals surface area contributed by atoms with Crippen molar-refractivity contribution in [2.24, 2.45) is 0 Å². The fraction of sp³-hybridized carbons (Fsp3) is 0.261. The molecule has 1 heterocycles. The molecule has 0 aliphatic carbocycles. The van der Waals surface area contributed by atoms with E-state index >= 15 is 0 Å². The van der Waals surface area contributed by atoms with E-state index in [4.69, 9.17) is 16.7 Å². The number of aliphatic carboxylic acids is 1. The van der Waals surface area contributed by atoms with E-state index < -0.39 is 23.7 Å². The Morgan fingerprint density at radius 3 is 2.19 bits per heavy atom. The number of amides is 1. The summed E-state index contributed by atoms with van der Waals surface area (Å²) in [5, 5.41) is 20.4. The molecule has 3 rings (SSSR count). The predicted octanol–water partition coefficient (Wildman–Crippen LogP) is 3.69. The van der Waals surface area contributed by atoms with Crippen LogP contribution in [-0.4, -0.2) is 53.4 Å². The molecule has 2 N–H and O–H groups in total. The van der Waals surface area contributed by atoms with Gasteiger partial charge < -0.3 is 20.0 Å². The monoisotopic (exact) mass is 442 g/mol. The van der Waals surface area contributed by atoms with Gasteiger partial charge in [0, 0.05) is 43.3 Å². The molecule has 1 unspecified atom stereocenters. The first kappa shape index (κ1) is 22.4. The Morgan fingerprint density at radius 1 is 1.03 bits per heavy atom. The topological polar surface area (TPSA) is 98.2 Å². The van der Waals surface area contributed by atoms with Crippen molar-refractivity contribution in [3.8, 4) is 0 Å². The van der Waals surface area contributed by atoms with E-state index in [1.165, 1.54) is 4.90 Å². The fourth-order valence-corrected chi connectivity index (χ4v) is 3.70. The molecule has 1 atom stereocenters. The van der Waals surface area contributed by atoms with E-state index in [-0.39, 0.29) is 30.7 Å². The van der Waals surface area contributed by atoms with E-state index in [2.05, 4.69) is 0 Å². The third-order valence-electron chi connectivity index (χ3n) is 5.17. The van der Waals surface area contributed by atoms with E-state index in [1.807, 2.05) is 31.1 Å². The van der Waals surface area contributed by atoms with E-state index in [0.29, 0.717) is 16.1 Å². The average Bonchev–Trinajstić information content (AvgIpc) is 2.98. The van der Waals surface area contributed by atoms with Crippen molar-refractivity contribution in [2.45, 2.75) is 18.9 Å². The first-order chi connectivity index (χ1) is 14.7. The fourth-order valence-electron chi connectivity index (χ4n) is 3.58. The first-order valence-corrected chi connectivity index (χ1v) is 10.1. The summed E-state index contributed by atoms with van der Waals surface area (Å²) in [5.74, 6) is -2.84. The maximum absolute atomic E-state index is 12.9. The Balaban J connectivity index is 2.09. The zero-order chi connectivity index (χ0) is 22.7. The molecule has 1 amide bonds. The van der Waals surface area contributed by atoms with Crippen molar-refractivity contribution in [1.29, 1.82) is 0 Å². The summed E-state index contributed by atoms with van der Waals surface area (Å²) in [6.45, 7) is 0.0777. The summed E-state index contributed by atoms with van der Waals surface area (Å²) in [5.41, 5.74) is 1.92. The standard InChI is InChI=1S/C23H23ClN2O5/c1-25(2)17-11-7-14(8-12-17)20-19(21(29)15-5-9-16(24)10-6-15)22(30)23(31)26(20)13-3-4-18(27)28/h5-12,20,29H,3-4,13H2,1-2H3,(H,27,28)/b21-19+. The van der Waals surface area contributed by atoms with Gasteiger partial charge in [0.15, 0.2) is 0 Å². The number of aliphatic hydroxyl groups is 1. The van der Waals surface area contributed by atoms with Gasteiger partial charge >= 0.3 is 5.97 Å². The Labute approximate surface area is 185 Å². The SMILES string of the molecule is CN(C)c1ccc(C2/C(=C(\O)c3ccc(Cl)cc3)C(=O)C(=O)N2CCCC(=O)O)cc1. The van der Waals surface area contributed by atoms with Crippen molar-refractivity contribution in [1.82, 2.24) is 4.90 Å². The van der Waals surface area contributed by atoms with Crippen LogP contribution in [0, 0.1) is 0 Å². The molecule has 0 spiro atoms. The average molecular weight is 443 g/mol. The molecule has 0 bridgehead atoms. The normalized spacial score (nSPS) is 17.8. The van der Waals surface area contributed by atoms with Gasteiger partial charge in [-0.25, -0.2) is 0 Å². The van der Waals surface area contributed by atoms with Crippen LogP contribution in [0.1, 0.15) is 30.0 Å². The van der Waals surface area contributed by atoms with Crippen molar-refractivity contribution in [2.75, 3.05) is 25.5 Å². The molecule has 1 aliphatic heterocycles. The molecule has 0 radical (unpaired) electrons. The molecule has 2 aromatic rings. The van der Waals surface area contributed by atoms with Crippen LogP contribution in [0.2, 0.25) is 5.02 Å². The smallest absolute Gasteiger partial charge is 0.303 e. The number of aliphatic hydroxyl groups excluding tert-OH is 1. The number of anilines is 1. The minimum atomic E-state index is -0.982. The van der Waals surface area contributed by atoms with Crippen LogP contribution in [0.4, 0.5) is 5.69 Å². The van der Waals surface area contributed by atoms with Crippen LogP contribution in [0.15, 0.2) is 54.1 Å². The molecule has 1 fully saturated rings. The number of Topliss-reactive ketones (excluding diaryl/α,β-unsaturated/α-hetero) is 1. The number of hydrogen-bond donors (Lipinski definition) is 2. The summed E-state index contributed by atoms with van der Waals surface area (Å²) in [6, 6.07) is 12.8. The second-order valence-electron chi connectivity index (χ2n) is 7.48. The maximum atomic E-state index is 12.9. The van der Waals surface area contributed by atoms with E-state index in [1.54, 1.807) is 36.4 Å².